The van der Waals surface area contributed by atoms with Gasteiger partial charge < -0.3 is 4.98 Å². The van der Waals surface area contributed by atoms with E-state index in [1.807, 2.05) is 24.3 Å². The Morgan fingerprint density at radius 2 is 2.10 bits per heavy atom. The van der Waals surface area contributed by atoms with E-state index >= 15 is 0 Å². The molecule has 0 radical (unpaired) electrons. The number of nitrogens with one attached hydrogen (secondary N) is 2. The number of hydrogen-bond acceptors (Lipinski definition) is 3. The third kappa shape index (κ3) is 2.07. The number of amides is 1. The molecule has 100 valence electrons. The van der Waals surface area contributed by atoms with Crippen molar-refractivity contribution in [2.75, 3.05) is 5.43 Å². The van der Waals surface area contributed by atoms with Crippen LogP contribution in [-0.4, -0.2) is 26.3 Å². The summed E-state index contributed by atoms with van der Waals surface area (Å²) in [4.78, 5) is 30.3. The zero-order valence-corrected chi connectivity index (χ0v) is 10.8. The molecule has 20 heavy (non-hydrogen) atoms. The minimum atomic E-state index is -0.333. The van der Waals surface area contributed by atoms with Gasteiger partial charge in [-0.25, -0.2) is 9.66 Å². The SMILES string of the molecule is CC(=O)c1c[nH]c(C(=O)Nn2cnc3ccccc32)c1. The molecule has 2 heterocycles. The molecule has 0 aliphatic heterocycles. The van der Waals surface area contributed by atoms with E-state index < -0.39 is 0 Å². The Morgan fingerprint density at radius 3 is 2.85 bits per heavy atom. The number of hydrogen-bond donors (Lipinski definition) is 2. The molecule has 2 aromatic heterocycles. The third-order valence-corrected chi connectivity index (χ3v) is 3.01. The second-order valence-corrected chi connectivity index (χ2v) is 4.40. The number of Topliss-reactive ketones (excluding diaryl/α,β-unsaturated/α-hetero) is 1. The number of benzene rings is 1. The largest absolute Gasteiger partial charge is 0.356 e. The molecule has 0 fully saturated rings. The Morgan fingerprint density at radius 1 is 1.30 bits per heavy atom. The predicted molar refractivity (Wildman–Crippen MR) is 74.2 cm³/mol. The summed E-state index contributed by atoms with van der Waals surface area (Å²) in [5.41, 5.74) is 5.11. The van der Waals surface area contributed by atoms with Gasteiger partial charge in [0.1, 0.15) is 12.0 Å². The summed E-state index contributed by atoms with van der Waals surface area (Å²) < 4.78 is 1.55. The Kier molecular flexibility index (Phi) is 2.83. The van der Waals surface area contributed by atoms with Crippen molar-refractivity contribution in [3.63, 3.8) is 0 Å². The Hall–Kier alpha value is -2.89. The van der Waals surface area contributed by atoms with E-state index in [9.17, 15) is 9.59 Å². The zero-order valence-electron chi connectivity index (χ0n) is 10.8. The zero-order chi connectivity index (χ0) is 14.1. The van der Waals surface area contributed by atoms with Gasteiger partial charge in [0.2, 0.25) is 0 Å². The number of carbonyl (C=O) groups is 2. The first-order valence-electron chi connectivity index (χ1n) is 6.08. The highest BCUT2D eigenvalue weighted by Gasteiger charge is 2.12. The predicted octanol–water partition coefficient (Wildman–Crippen LogP) is 1.95. The smallest absolute Gasteiger partial charge is 0.286 e. The number of nitrogens with zero attached hydrogens (tertiary/aromatic N) is 2. The molecule has 1 aromatic carbocycles. The maximum atomic E-state index is 12.1. The maximum Gasteiger partial charge on any atom is 0.286 e. The standard InChI is InChI=1S/C14H12N4O2/c1-9(19)10-6-12(15-7-10)14(20)17-18-8-16-11-4-2-3-5-13(11)18/h2-8,15H,1H3,(H,17,20). The van der Waals surface area contributed by atoms with E-state index in [1.54, 1.807) is 4.68 Å². The highest BCUT2D eigenvalue weighted by molar-refractivity contribution is 6.02. The van der Waals surface area contributed by atoms with Crippen molar-refractivity contribution in [2.24, 2.45) is 0 Å². The van der Waals surface area contributed by atoms with Crippen LogP contribution < -0.4 is 5.43 Å². The van der Waals surface area contributed by atoms with Crippen LogP contribution in [0, 0.1) is 0 Å². The van der Waals surface area contributed by atoms with Crippen LogP contribution in [0.5, 0.6) is 0 Å². The summed E-state index contributed by atoms with van der Waals surface area (Å²) >= 11 is 0. The van der Waals surface area contributed by atoms with Gasteiger partial charge in [0.15, 0.2) is 5.78 Å². The topological polar surface area (TPSA) is 79.8 Å². The first kappa shape index (κ1) is 12.2. The van der Waals surface area contributed by atoms with Crippen LogP contribution in [0.25, 0.3) is 11.0 Å². The van der Waals surface area contributed by atoms with Crippen LogP contribution in [0.2, 0.25) is 0 Å². The van der Waals surface area contributed by atoms with Gasteiger partial charge in [-0.1, -0.05) is 12.1 Å². The van der Waals surface area contributed by atoms with Crippen molar-refractivity contribution >= 4 is 22.7 Å². The summed E-state index contributed by atoms with van der Waals surface area (Å²) in [5.74, 6) is -0.422. The summed E-state index contributed by atoms with van der Waals surface area (Å²) in [7, 11) is 0. The number of rotatable bonds is 3. The average molecular weight is 268 g/mol. The molecule has 0 bridgehead atoms. The number of aromatic nitrogens is 3. The minimum absolute atomic E-state index is 0.0895. The number of ketones is 1. The molecular formula is C14H12N4O2. The van der Waals surface area contributed by atoms with E-state index in [-0.39, 0.29) is 11.7 Å². The van der Waals surface area contributed by atoms with Crippen LogP contribution in [-0.2, 0) is 0 Å². The summed E-state index contributed by atoms with van der Waals surface area (Å²) in [5, 5.41) is 0. The van der Waals surface area contributed by atoms with Crippen molar-refractivity contribution < 1.29 is 9.59 Å². The van der Waals surface area contributed by atoms with Crippen molar-refractivity contribution in [1.82, 2.24) is 14.6 Å². The highest BCUT2D eigenvalue weighted by atomic mass is 16.2. The quantitative estimate of drug-likeness (QED) is 0.712. The van der Waals surface area contributed by atoms with E-state index in [1.165, 1.54) is 25.5 Å². The fraction of sp³-hybridized carbons (Fsp3) is 0.0714. The van der Waals surface area contributed by atoms with Crippen LogP contribution in [0.3, 0.4) is 0 Å². The third-order valence-electron chi connectivity index (χ3n) is 3.01. The van der Waals surface area contributed by atoms with Gasteiger partial charge in [0, 0.05) is 11.8 Å². The Labute approximate surface area is 114 Å². The van der Waals surface area contributed by atoms with E-state index in [0.29, 0.717) is 11.3 Å². The molecule has 0 unspecified atom stereocenters. The van der Waals surface area contributed by atoms with Gasteiger partial charge in [-0.2, -0.15) is 0 Å². The normalized spacial score (nSPS) is 10.7. The second-order valence-electron chi connectivity index (χ2n) is 4.40. The molecule has 0 aliphatic rings. The Balaban J connectivity index is 1.86. The lowest BCUT2D eigenvalue weighted by atomic mass is 10.2. The van der Waals surface area contributed by atoms with Gasteiger partial charge in [-0.05, 0) is 25.1 Å². The van der Waals surface area contributed by atoms with Crippen LogP contribution in [0.15, 0.2) is 42.9 Å². The van der Waals surface area contributed by atoms with Crippen LogP contribution in [0.4, 0.5) is 0 Å². The minimum Gasteiger partial charge on any atom is -0.356 e. The maximum absolute atomic E-state index is 12.1. The molecule has 6 heteroatoms. The second kappa shape index (κ2) is 4.65. The number of carbonyl (C=O) groups excluding carboxylic acids is 2. The van der Waals surface area contributed by atoms with Crippen molar-refractivity contribution in [3.05, 3.63) is 54.1 Å². The summed E-state index contributed by atoms with van der Waals surface area (Å²) in [6.07, 6.45) is 3.06. The van der Waals surface area contributed by atoms with Crippen molar-refractivity contribution in [1.29, 1.82) is 0 Å². The van der Waals surface area contributed by atoms with Gasteiger partial charge in [0.25, 0.3) is 5.91 Å². The van der Waals surface area contributed by atoms with E-state index in [4.69, 9.17) is 0 Å². The van der Waals surface area contributed by atoms with Gasteiger partial charge in [-0.15, -0.1) is 0 Å². The lowest BCUT2D eigenvalue weighted by molar-refractivity contribution is 0.100. The molecular weight excluding hydrogens is 256 g/mol. The Bertz CT molecular complexity index is 800. The molecule has 3 aromatic rings. The van der Waals surface area contributed by atoms with Crippen molar-refractivity contribution in [2.45, 2.75) is 6.92 Å². The first-order valence-corrected chi connectivity index (χ1v) is 6.08. The lowest BCUT2D eigenvalue weighted by Gasteiger charge is -2.05. The summed E-state index contributed by atoms with van der Waals surface area (Å²) in [6, 6.07) is 9.00. The summed E-state index contributed by atoms with van der Waals surface area (Å²) in [6.45, 7) is 1.45. The molecule has 6 nitrogen and oxygen atoms in total. The molecule has 1 amide bonds. The number of fused-ring (bicyclic) bond motifs is 1. The monoisotopic (exact) mass is 268 g/mol. The molecule has 0 spiro atoms. The molecule has 0 saturated heterocycles. The van der Waals surface area contributed by atoms with Crippen molar-refractivity contribution in [3.8, 4) is 0 Å². The molecule has 0 saturated carbocycles. The molecule has 0 aliphatic carbocycles. The lowest BCUT2D eigenvalue weighted by Crippen LogP contribution is -2.22. The van der Waals surface area contributed by atoms with E-state index in [0.717, 1.165) is 11.0 Å². The highest BCUT2D eigenvalue weighted by Crippen LogP contribution is 2.11. The molecule has 3 rings (SSSR count). The molecule has 2 N–H and O–H groups in total. The van der Waals surface area contributed by atoms with Gasteiger partial charge in [-0.3, -0.25) is 15.0 Å². The van der Waals surface area contributed by atoms with Gasteiger partial charge >= 0.3 is 0 Å². The first-order chi connectivity index (χ1) is 9.65. The number of para-hydroxylation sites is 2. The number of H-pyrrole nitrogens is 1. The fourth-order valence-electron chi connectivity index (χ4n) is 1.95. The van der Waals surface area contributed by atoms with Crippen LogP contribution in [0.1, 0.15) is 27.8 Å². The van der Waals surface area contributed by atoms with E-state index in [2.05, 4.69) is 15.4 Å². The number of imidazole rings is 1. The average Bonchev–Trinajstić information content (AvgIpc) is 3.06. The molecule has 0 atom stereocenters. The fourth-order valence-corrected chi connectivity index (χ4v) is 1.95. The van der Waals surface area contributed by atoms with Crippen LogP contribution >= 0.6 is 0 Å². The van der Waals surface area contributed by atoms with Gasteiger partial charge in [0.05, 0.1) is 11.0 Å². The number of aromatic amines is 1.